The number of amides is 1. The van der Waals surface area contributed by atoms with Crippen molar-refractivity contribution < 1.29 is 14.3 Å². The molecule has 0 aliphatic heterocycles. The molecule has 5 nitrogen and oxygen atoms in total. The number of benzene rings is 1. The second-order valence-electron chi connectivity index (χ2n) is 6.17. The Morgan fingerprint density at radius 2 is 2.00 bits per heavy atom. The molecule has 3 N–H and O–H groups in total. The maximum absolute atomic E-state index is 12.0. The lowest BCUT2D eigenvalue weighted by molar-refractivity contribution is -0.119. The smallest absolute Gasteiger partial charge is 0.244 e. The molecule has 0 saturated heterocycles. The van der Waals surface area contributed by atoms with Gasteiger partial charge in [-0.25, -0.2) is 0 Å². The number of ether oxygens (including phenoxy) is 2. The highest BCUT2D eigenvalue weighted by molar-refractivity contribution is 5.92. The molecule has 1 aromatic carbocycles. The summed E-state index contributed by atoms with van der Waals surface area (Å²) in [5.41, 5.74) is 6.78. The van der Waals surface area contributed by atoms with Crippen LogP contribution in [0.4, 0.5) is 0 Å². The molecule has 1 aliphatic carbocycles. The van der Waals surface area contributed by atoms with Crippen molar-refractivity contribution >= 4 is 12.0 Å². The lowest BCUT2D eigenvalue weighted by atomic mass is 9.63. The number of carbonyl (C=O) groups is 1. The second-order valence-corrected chi connectivity index (χ2v) is 6.17. The zero-order valence-corrected chi connectivity index (χ0v) is 13.6. The van der Waals surface area contributed by atoms with Crippen LogP contribution >= 0.6 is 0 Å². The first-order valence-electron chi connectivity index (χ1n) is 7.34. The van der Waals surface area contributed by atoms with E-state index in [0.717, 1.165) is 12.0 Å². The van der Waals surface area contributed by atoms with Crippen LogP contribution in [0.5, 0.6) is 11.5 Å². The van der Waals surface area contributed by atoms with E-state index in [1.54, 1.807) is 20.3 Å². The molecule has 22 heavy (non-hydrogen) atoms. The fourth-order valence-electron chi connectivity index (χ4n) is 2.55. The van der Waals surface area contributed by atoms with Gasteiger partial charge in [-0.2, -0.15) is 0 Å². The van der Waals surface area contributed by atoms with Gasteiger partial charge >= 0.3 is 0 Å². The van der Waals surface area contributed by atoms with Crippen LogP contribution in [-0.2, 0) is 4.79 Å². The molecule has 1 amide bonds. The van der Waals surface area contributed by atoms with E-state index in [9.17, 15) is 4.79 Å². The molecular formula is C17H24N2O3. The van der Waals surface area contributed by atoms with Crippen LogP contribution < -0.4 is 20.5 Å². The molecule has 2 atom stereocenters. The van der Waals surface area contributed by atoms with Crippen molar-refractivity contribution in [3.05, 3.63) is 29.8 Å². The first kappa shape index (κ1) is 16.4. The van der Waals surface area contributed by atoms with Crippen LogP contribution in [0.15, 0.2) is 24.3 Å². The summed E-state index contributed by atoms with van der Waals surface area (Å²) in [7, 11) is 3.17. The van der Waals surface area contributed by atoms with Crippen molar-refractivity contribution in [3.8, 4) is 11.5 Å². The Labute approximate surface area is 131 Å². The zero-order valence-electron chi connectivity index (χ0n) is 13.6. The summed E-state index contributed by atoms with van der Waals surface area (Å²) >= 11 is 0. The molecule has 1 fully saturated rings. The average molecular weight is 304 g/mol. The SMILES string of the molecule is COc1ccc(C=CC(=O)NC2CC(N)C2(C)C)cc1OC. The van der Waals surface area contributed by atoms with E-state index in [1.807, 2.05) is 18.2 Å². The topological polar surface area (TPSA) is 73.6 Å². The van der Waals surface area contributed by atoms with E-state index >= 15 is 0 Å². The maximum atomic E-state index is 12.0. The van der Waals surface area contributed by atoms with E-state index in [1.165, 1.54) is 6.08 Å². The third-order valence-electron chi connectivity index (χ3n) is 4.49. The molecule has 0 spiro atoms. The zero-order chi connectivity index (χ0) is 16.3. The minimum absolute atomic E-state index is 0.0488. The Kier molecular flexibility index (Phi) is 4.76. The number of rotatable bonds is 5. The van der Waals surface area contributed by atoms with Crippen molar-refractivity contribution in [1.29, 1.82) is 0 Å². The van der Waals surface area contributed by atoms with Crippen LogP contribution in [0.1, 0.15) is 25.8 Å². The van der Waals surface area contributed by atoms with Gasteiger partial charge in [0.1, 0.15) is 0 Å². The van der Waals surface area contributed by atoms with Gasteiger partial charge in [0.25, 0.3) is 0 Å². The van der Waals surface area contributed by atoms with Gasteiger partial charge < -0.3 is 20.5 Å². The van der Waals surface area contributed by atoms with Gasteiger partial charge in [-0.3, -0.25) is 4.79 Å². The van der Waals surface area contributed by atoms with E-state index in [2.05, 4.69) is 19.2 Å². The summed E-state index contributed by atoms with van der Waals surface area (Å²) in [6, 6.07) is 5.78. The highest BCUT2D eigenvalue weighted by Crippen LogP contribution is 2.38. The quantitative estimate of drug-likeness (QED) is 0.816. The van der Waals surface area contributed by atoms with E-state index in [4.69, 9.17) is 15.2 Å². The van der Waals surface area contributed by atoms with Crippen molar-refractivity contribution in [2.24, 2.45) is 11.1 Å². The van der Waals surface area contributed by atoms with Gasteiger partial charge in [0.2, 0.25) is 5.91 Å². The molecule has 2 unspecified atom stereocenters. The van der Waals surface area contributed by atoms with Crippen molar-refractivity contribution in [1.82, 2.24) is 5.32 Å². The fraction of sp³-hybridized carbons (Fsp3) is 0.471. The Morgan fingerprint density at radius 3 is 2.55 bits per heavy atom. The molecule has 0 bridgehead atoms. The molecule has 0 heterocycles. The molecule has 120 valence electrons. The third kappa shape index (κ3) is 3.25. The molecule has 5 heteroatoms. The standard InChI is InChI=1S/C17H24N2O3/c1-17(2)14(18)10-15(17)19-16(20)8-6-11-5-7-12(21-3)13(9-11)22-4/h5-9,14-15H,10,18H2,1-4H3,(H,19,20). The highest BCUT2D eigenvalue weighted by atomic mass is 16.5. The summed E-state index contributed by atoms with van der Waals surface area (Å²) < 4.78 is 10.4. The molecular weight excluding hydrogens is 280 g/mol. The van der Waals surface area contributed by atoms with Gasteiger partial charge in [-0.1, -0.05) is 19.9 Å². The summed E-state index contributed by atoms with van der Waals surface area (Å²) in [6.45, 7) is 4.15. The average Bonchev–Trinajstić information content (AvgIpc) is 2.52. The second kappa shape index (κ2) is 6.40. The van der Waals surface area contributed by atoms with Crippen LogP contribution in [0.3, 0.4) is 0 Å². The van der Waals surface area contributed by atoms with Crippen LogP contribution in [0.2, 0.25) is 0 Å². The fourth-order valence-corrected chi connectivity index (χ4v) is 2.55. The van der Waals surface area contributed by atoms with Gasteiger partial charge in [0.05, 0.1) is 14.2 Å². The normalized spacial score (nSPS) is 23.0. The van der Waals surface area contributed by atoms with Crippen LogP contribution in [0.25, 0.3) is 6.08 Å². The van der Waals surface area contributed by atoms with Crippen LogP contribution in [0, 0.1) is 5.41 Å². The Hall–Kier alpha value is -2.01. The largest absolute Gasteiger partial charge is 0.493 e. The summed E-state index contributed by atoms with van der Waals surface area (Å²) in [5, 5.41) is 3.00. The van der Waals surface area contributed by atoms with E-state index in [0.29, 0.717) is 11.5 Å². The van der Waals surface area contributed by atoms with Crippen molar-refractivity contribution in [2.75, 3.05) is 14.2 Å². The van der Waals surface area contributed by atoms with Gasteiger partial charge in [0, 0.05) is 23.6 Å². The molecule has 0 aromatic heterocycles. The monoisotopic (exact) mass is 304 g/mol. The molecule has 1 aromatic rings. The van der Waals surface area contributed by atoms with Gasteiger partial charge in [-0.15, -0.1) is 0 Å². The maximum Gasteiger partial charge on any atom is 0.244 e. The number of nitrogens with two attached hydrogens (primary N) is 1. The van der Waals surface area contributed by atoms with Gasteiger partial charge in [-0.05, 0) is 30.2 Å². The predicted octanol–water partition coefficient (Wildman–Crippen LogP) is 1.96. The summed E-state index contributed by atoms with van der Waals surface area (Å²) in [5.74, 6) is 1.19. The molecule has 0 radical (unpaired) electrons. The van der Waals surface area contributed by atoms with E-state index < -0.39 is 0 Å². The molecule has 2 rings (SSSR count). The minimum atomic E-state index is -0.111. The number of nitrogens with one attached hydrogen (secondary N) is 1. The van der Waals surface area contributed by atoms with Gasteiger partial charge in [0.15, 0.2) is 11.5 Å². The lowest BCUT2D eigenvalue weighted by Gasteiger charge is -2.50. The van der Waals surface area contributed by atoms with Crippen molar-refractivity contribution in [2.45, 2.75) is 32.4 Å². The predicted molar refractivity (Wildman–Crippen MR) is 86.9 cm³/mol. The molecule has 1 saturated carbocycles. The Bertz CT molecular complexity index is 581. The van der Waals surface area contributed by atoms with Crippen LogP contribution in [-0.4, -0.2) is 32.2 Å². The minimum Gasteiger partial charge on any atom is -0.493 e. The summed E-state index contributed by atoms with van der Waals surface area (Å²) in [6.07, 6.45) is 4.10. The third-order valence-corrected chi connectivity index (χ3v) is 4.49. The number of hydrogen-bond donors (Lipinski definition) is 2. The Balaban J connectivity index is 1.98. The highest BCUT2D eigenvalue weighted by Gasteiger charge is 2.46. The summed E-state index contributed by atoms with van der Waals surface area (Å²) in [4.78, 5) is 12.0. The molecule has 1 aliphatic rings. The Morgan fingerprint density at radius 1 is 1.32 bits per heavy atom. The first-order valence-corrected chi connectivity index (χ1v) is 7.34. The van der Waals surface area contributed by atoms with Crippen molar-refractivity contribution in [3.63, 3.8) is 0 Å². The lowest BCUT2D eigenvalue weighted by Crippen LogP contribution is -2.64. The first-order chi connectivity index (χ1) is 10.4. The number of methoxy groups -OCH3 is 2. The number of hydrogen-bond acceptors (Lipinski definition) is 4. The van der Waals surface area contributed by atoms with E-state index in [-0.39, 0.29) is 23.4 Å². The number of carbonyl (C=O) groups excluding carboxylic acids is 1.